The second-order valence-corrected chi connectivity index (χ2v) is 7.75. The molecule has 0 radical (unpaired) electrons. The monoisotopic (exact) mass is 459 g/mol. The van der Waals surface area contributed by atoms with E-state index in [0.29, 0.717) is 35.6 Å². The lowest BCUT2D eigenvalue weighted by Crippen LogP contribution is -2.41. The fourth-order valence-corrected chi connectivity index (χ4v) is 3.16. The quantitative estimate of drug-likeness (QED) is 0.389. The lowest BCUT2D eigenvalue weighted by Gasteiger charge is -2.10. The van der Waals surface area contributed by atoms with E-state index in [4.69, 9.17) is 4.74 Å². The van der Waals surface area contributed by atoms with Gasteiger partial charge in [-0.15, -0.1) is 0 Å². The van der Waals surface area contributed by atoms with E-state index in [2.05, 4.69) is 16.2 Å². The Labute approximate surface area is 199 Å². The minimum atomic E-state index is -0.460. The van der Waals surface area contributed by atoms with Crippen molar-refractivity contribution in [2.45, 2.75) is 32.6 Å². The number of ether oxygens (including phenoxy) is 1. The van der Waals surface area contributed by atoms with Gasteiger partial charge in [-0.3, -0.25) is 25.2 Å². The molecule has 0 saturated carbocycles. The maximum Gasteiger partial charge on any atom is 0.269 e. The number of hydrazine groups is 1. The predicted octanol–water partition coefficient (Wildman–Crippen LogP) is 4.51. The zero-order valence-electron chi connectivity index (χ0n) is 19.2. The standard InChI is InChI=1S/C27H29N3O4/c1-2-3-9-25(31)28-23-14-10-21(11-15-23)26(32)29-30-27(33)22-12-16-24(17-13-22)34-19-18-20-7-5-4-6-8-20/h4-8,10-17H,2-3,9,18-19H2,1H3,(H,28,31)(H,29,32)(H,30,33). The Morgan fingerprint density at radius 2 is 1.35 bits per heavy atom. The topological polar surface area (TPSA) is 96.5 Å². The fourth-order valence-electron chi connectivity index (χ4n) is 3.16. The number of carbonyl (C=O) groups excluding carboxylic acids is 3. The summed E-state index contributed by atoms with van der Waals surface area (Å²) in [5, 5.41) is 2.79. The van der Waals surface area contributed by atoms with Gasteiger partial charge in [0.2, 0.25) is 5.91 Å². The fraction of sp³-hybridized carbons (Fsp3) is 0.222. The number of unbranched alkanes of at least 4 members (excludes halogenated alkanes) is 1. The molecule has 0 aliphatic heterocycles. The molecule has 0 saturated heterocycles. The Hall–Kier alpha value is -4.13. The Bertz CT molecular complexity index is 1080. The number of carbonyl (C=O) groups is 3. The van der Waals surface area contributed by atoms with Crippen LogP contribution in [0.1, 0.15) is 52.5 Å². The van der Waals surface area contributed by atoms with E-state index in [1.807, 2.05) is 37.3 Å². The maximum absolute atomic E-state index is 12.3. The molecule has 7 heteroatoms. The van der Waals surface area contributed by atoms with Gasteiger partial charge in [-0.05, 0) is 60.5 Å². The summed E-state index contributed by atoms with van der Waals surface area (Å²) in [6.07, 6.45) is 3.04. The van der Waals surface area contributed by atoms with Crippen LogP contribution >= 0.6 is 0 Å². The van der Waals surface area contributed by atoms with Gasteiger partial charge in [0.25, 0.3) is 11.8 Å². The van der Waals surface area contributed by atoms with Crippen LogP contribution in [0.2, 0.25) is 0 Å². The van der Waals surface area contributed by atoms with Crippen LogP contribution in [0.3, 0.4) is 0 Å². The molecule has 0 spiro atoms. The van der Waals surface area contributed by atoms with E-state index in [9.17, 15) is 14.4 Å². The Kier molecular flexibility index (Phi) is 9.22. The molecule has 3 N–H and O–H groups in total. The van der Waals surface area contributed by atoms with Crippen molar-refractivity contribution in [1.82, 2.24) is 10.9 Å². The van der Waals surface area contributed by atoms with E-state index in [0.717, 1.165) is 19.3 Å². The van der Waals surface area contributed by atoms with E-state index in [1.165, 1.54) is 5.56 Å². The summed E-state index contributed by atoms with van der Waals surface area (Å²) < 4.78 is 5.73. The lowest BCUT2D eigenvalue weighted by molar-refractivity contribution is -0.116. The second-order valence-electron chi connectivity index (χ2n) is 7.75. The molecular weight excluding hydrogens is 430 g/mol. The van der Waals surface area contributed by atoms with Crippen molar-refractivity contribution >= 4 is 23.4 Å². The van der Waals surface area contributed by atoms with Gasteiger partial charge < -0.3 is 10.1 Å². The van der Waals surface area contributed by atoms with E-state index in [-0.39, 0.29) is 5.91 Å². The number of hydrogen-bond donors (Lipinski definition) is 3. The van der Waals surface area contributed by atoms with Gasteiger partial charge in [0.05, 0.1) is 6.61 Å². The molecule has 0 unspecified atom stereocenters. The molecule has 3 aromatic carbocycles. The van der Waals surface area contributed by atoms with Crippen LogP contribution in [-0.2, 0) is 11.2 Å². The minimum Gasteiger partial charge on any atom is -0.493 e. The summed E-state index contributed by atoms with van der Waals surface area (Å²) in [5.41, 5.74) is 7.36. The normalized spacial score (nSPS) is 10.3. The Morgan fingerprint density at radius 1 is 0.765 bits per heavy atom. The molecule has 0 heterocycles. The van der Waals surface area contributed by atoms with Gasteiger partial charge in [0.15, 0.2) is 0 Å². The zero-order valence-corrected chi connectivity index (χ0v) is 19.2. The third-order valence-electron chi connectivity index (χ3n) is 5.10. The molecule has 7 nitrogen and oxygen atoms in total. The van der Waals surface area contributed by atoms with Crippen molar-refractivity contribution in [3.8, 4) is 5.75 Å². The molecule has 0 aromatic heterocycles. The molecule has 3 rings (SSSR count). The minimum absolute atomic E-state index is 0.0565. The third-order valence-corrected chi connectivity index (χ3v) is 5.10. The third kappa shape index (κ3) is 7.78. The van der Waals surface area contributed by atoms with Gasteiger partial charge in [0, 0.05) is 29.7 Å². The number of hydrogen-bond acceptors (Lipinski definition) is 4. The van der Waals surface area contributed by atoms with E-state index in [1.54, 1.807) is 48.5 Å². The summed E-state index contributed by atoms with van der Waals surface area (Å²) in [4.78, 5) is 36.4. The summed E-state index contributed by atoms with van der Waals surface area (Å²) >= 11 is 0. The highest BCUT2D eigenvalue weighted by Gasteiger charge is 2.10. The average Bonchev–Trinajstić information content (AvgIpc) is 2.87. The molecule has 3 aromatic rings. The van der Waals surface area contributed by atoms with Crippen molar-refractivity contribution in [2.75, 3.05) is 11.9 Å². The average molecular weight is 460 g/mol. The van der Waals surface area contributed by atoms with Crippen LogP contribution in [0, 0.1) is 0 Å². The molecule has 0 aliphatic rings. The van der Waals surface area contributed by atoms with Crippen LogP contribution in [0.5, 0.6) is 5.75 Å². The lowest BCUT2D eigenvalue weighted by atomic mass is 10.2. The van der Waals surface area contributed by atoms with Crippen molar-refractivity contribution < 1.29 is 19.1 Å². The Balaban J connectivity index is 1.42. The molecule has 0 aliphatic carbocycles. The first kappa shape index (κ1) is 24.5. The van der Waals surface area contributed by atoms with Crippen molar-refractivity contribution in [3.63, 3.8) is 0 Å². The highest BCUT2D eigenvalue weighted by molar-refractivity contribution is 5.99. The second kappa shape index (κ2) is 12.8. The van der Waals surface area contributed by atoms with Gasteiger partial charge in [-0.2, -0.15) is 0 Å². The SMILES string of the molecule is CCCCC(=O)Nc1ccc(C(=O)NNC(=O)c2ccc(OCCc3ccccc3)cc2)cc1. The molecule has 3 amide bonds. The highest BCUT2D eigenvalue weighted by atomic mass is 16.5. The molecule has 176 valence electrons. The summed E-state index contributed by atoms with van der Waals surface area (Å²) in [5.74, 6) is -0.292. The zero-order chi connectivity index (χ0) is 24.2. The van der Waals surface area contributed by atoms with Crippen LogP contribution in [0.4, 0.5) is 5.69 Å². The van der Waals surface area contributed by atoms with Crippen LogP contribution in [0.25, 0.3) is 0 Å². The van der Waals surface area contributed by atoms with Crippen LogP contribution in [0.15, 0.2) is 78.9 Å². The number of anilines is 1. The van der Waals surface area contributed by atoms with Gasteiger partial charge in [0.1, 0.15) is 5.75 Å². The maximum atomic E-state index is 12.3. The highest BCUT2D eigenvalue weighted by Crippen LogP contribution is 2.13. The van der Waals surface area contributed by atoms with Crippen molar-refractivity contribution in [1.29, 1.82) is 0 Å². The first-order valence-corrected chi connectivity index (χ1v) is 11.3. The van der Waals surface area contributed by atoms with Gasteiger partial charge in [-0.1, -0.05) is 43.7 Å². The Morgan fingerprint density at radius 3 is 1.94 bits per heavy atom. The first-order chi connectivity index (χ1) is 16.5. The van der Waals surface area contributed by atoms with Crippen molar-refractivity contribution in [3.05, 3.63) is 95.6 Å². The van der Waals surface area contributed by atoms with E-state index < -0.39 is 11.8 Å². The molecule has 0 bridgehead atoms. The van der Waals surface area contributed by atoms with Gasteiger partial charge in [-0.25, -0.2) is 0 Å². The van der Waals surface area contributed by atoms with Gasteiger partial charge >= 0.3 is 0 Å². The predicted molar refractivity (Wildman–Crippen MR) is 132 cm³/mol. The first-order valence-electron chi connectivity index (χ1n) is 11.3. The summed E-state index contributed by atoms with van der Waals surface area (Å²) in [6, 6.07) is 23.2. The summed E-state index contributed by atoms with van der Waals surface area (Å²) in [7, 11) is 0. The number of nitrogens with one attached hydrogen (secondary N) is 3. The van der Waals surface area contributed by atoms with Crippen LogP contribution in [-0.4, -0.2) is 24.3 Å². The number of benzene rings is 3. The summed E-state index contributed by atoms with van der Waals surface area (Å²) in [6.45, 7) is 2.56. The molecule has 34 heavy (non-hydrogen) atoms. The number of amides is 3. The molecule has 0 atom stereocenters. The largest absolute Gasteiger partial charge is 0.493 e. The smallest absolute Gasteiger partial charge is 0.269 e. The molecular formula is C27H29N3O4. The molecule has 0 fully saturated rings. The van der Waals surface area contributed by atoms with Crippen LogP contribution < -0.4 is 20.9 Å². The number of rotatable bonds is 10. The van der Waals surface area contributed by atoms with E-state index >= 15 is 0 Å². The van der Waals surface area contributed by atoms with Crippen molar-refractivity contribution in [2.24, 2.45) is 0 Å².